The highest BCUT2D eigenvalue weighted by atomic mass is 16.5. The van der Waals surface area contributed by atoms with Crippen LogP contribution in [0.2, 0.25) is 0 Å². The number of benzene rings is 4. The Morgan fingerprint density at radius 3 is 1.02 bits per heavy atom. The summed E-state index contributed by atoms with van der Waals surface area (Å²) in [7, 11) is 0. The van der Waals surface area contributed by atoms with Gasteiger partial charge in [0, 0.05) is 28.4 Å². The van der Waals surface area contributed by atoms with Gasteiger partial charge in [0.25, 0.3) is 0 Å². The van der Waals surface area contributed by atoms with Gasteiger partial charge in [0.1, 0.15) is 5.75 Å². The average Bonchev–Trinajstić information content (AvgIpc) is 4.05. The molecule has 0 saturated heterocycles. The molecule has 0 spiro atoms. The number of rotatable bonds is 6. The van der Waals surface area contributed by atoms with Crippen molar-refractivity contribution in [2.24, 2.45) is 20.0 Å². The van der Waals surface area contributed by atoms with E-state index in [1.165, 1.54) is 0 Å². The summed E-state index contributed by atoms with van der Waals surface area (Å²) in [5, 5.41) is 0. The summed E-state index contributed by atoms with van der Waals surface area (Å²) in [5.74, 6) is -0.100. The molecule has 4 aromatic rings. The topological polar surface area (TPSA) is 75.7 Å². The second-order valence-electron chi connectivity index (χ2n) is 12.6. The van der Waals surface area contributed by atoms with Crippen molar-refractivity contribution in [3.8, 4) is 5.75 Å². The van der Waals surface area contributed by atoms with Gasteiger partial charge in [-0.25, -0.2) is 24.8 Å². The third-order valence-electron chi connectivity index (χ3n) is 9.32. The fourth-order valence-electron chi connectivity index (χ4n) is 6.93. The Kier molecular flexibility index (Phi) is 8.02. The Balaban J connectivity index is 1.33. The number of nitrogens with zero attached hydrogens (tertiary/aromatic N) is 4. The van der Waals surface area contributed by atoms with E-state index in [1.807, 2.05) is 91.0 Å². The molecule has 250 valence electrons. The largest absolute Gasteiger partial charge is 0.423 e. The first-order valence-electron chi connectivity index (χ1n) is 17.3. The average molecular weight is 683 g/mol. The molecular weight excluding hydrogens is 653 g/mol. The van der Waals surface area contributed by atoms with Crippen LogP contribution in [0.15, 0.2) is 219 Å². The first-order chi connectivity index (χ1) is 26.1. The van der Waals surface area contributed by atoms with E-state index in [0.717, 1.165) is 96.3 Å². The maximum atomic E-state index is 11.9. The summed E-state index contributed by atoms with van der Waals surface area (Å²) in [6.45, 7) is 3.51. The molecule has 5 aliphatic heterocycles. The highest BCUT2D eigenvalue weighted by molar-refractivity contribution is 6.39. The molecule has 5 heterocycles. The van der Waals surface area contributed by atoms with Crippen molar-refractivity contribution in [2.45, 2.75) is 0 Å². The first-order valence-corrected chi connectivity index (χ1v) is 17.3. The summed E-state index contributed by atoms with van der Waals surface area (Å²) in [4.78, 5) is 33.1. The molecule has 6 heteroatoms. The van der Waals surface area contributed by atoms with Crippen LogP contribution < -0.4 is 4.74 Å². The van der Waals surface area contributed by atoms with E-state index < -0.39 is 5.97 Å². The predicted octanol–water partition coefficient (Wildman–Crippen LogP) is 9.78. The van der Waals surface area contributed by atoms with Crippen molar-refractivity contribution >= 4 is 51.1 Å². The van der Waals surface area contributed by atoms with E-state index in [0.29, 0.717) is 5.75 Å². The van der Waals surface area contributed by atoms with Crippen LogP contribution in [-0.4, -0.2) is 28.8 Å². The van der Waals surface area contributed by atoms with Gasteiger partial charge in [-0.1, -0.05) is 110 Å². The van der Waals surface area contributed by atoms with E-state index >= 15 is 0 Å². The number of esters is 1. The number of carbonyl (C=O) groups is 1. The monoisotopic (exact) mass is 682 g/mol. The van der Waals surface area contributed by atoms with Crippen LogP contribution in [-0.2, 0) is 4.79 Å². The molecule has 8 bridgehead atoms. The third-order valence-corrected chi connectivity index (χ3v) is 9.32. The molecule has 53 heavy (non-hydrogen) atoms. The molecular formula is C47H30N4O2. The van der Waals surface area contributed by atoms with Crippen LogP contribution in [0.4, 0.5) is 0 Å². The fraction of sp³-hybridized carbons (Fsp3) is 0. The summed E-state index contributed by atoms with van der Waals surface area (Å²) in [6, 6.07) is 38.2. The van der Waals surface area contributed by atoms with Gasteiger partial charge in [0.15, 0.2) is 0 Å². The summed E-state index contributed by atoms with van der Waals surface area (Å²) in [5.41, 5.74) is 13.8. The zero-order chi connectivity index (χ0) is 35.7. The number of fused-ring (bicyclic) bond motifs is 4. The van der Waals surface area contributed by atoms with E-state index in [2.05, 4.69) is 67.3 Å². The SMILES string of the molecule is C=CC(=O)Oc1ccc(C2=C3C=CC(=N3)C(c3ccccc3)=C3C=CC(=N3)C(c3ccccc3)=C3C=CC(=N3)C(c3ccccc3)=C3C=CC2=N3)cc1. The first kappa shape index (κ1) is 31.7. The number of allylic oxidation sites excluding steroid dienone is 12. The number of aliphatic imine (C=N–C) groups is 4. The van der Waals surface area contributed by atoms with Crippen LogP contribution in [0.3, 0.4) is 0 Å². The van der Waals surface area contributed by atoms with E-state index in [-0.39, 0.29) is 0 Å². The van der Waals surface area contributed by atoms with Crippen molar-refractivity contribution in [3.05, 3.63) is 222 Å². The lowest BCUT2D eigenvalue weighted by atomic mass is 9.98. The van der Waals surface area contributed by atoms with Gasteiger partial charge in [-0.15, -0.1) is 0 Å². The van der Waals surface area contributed by atoms with Crippen molar-refractivity contribution in [1.82, 2.24) is 0 Å². The molecule has 9 rings (SSSR count). The van der Waals surface area contributed by atoms with Gasteiger partial charge in [-0.3, -0.25) is 0 Å². The Morgan fingerprint density at radius 2 is 0.717 bits per heavy atom. The van der Waals surface area contributed by atoms with Gasteiger partial charge in [0.2, 0.25) is 0 Å². The molecule has 0 atom stereocenters. The standard InChI is InChI=1S/C47H30N4O2/c1-2-43(52)53-34-20-18-33(19-21-34)47-41-28-26-39(50-41)45(31-14-8-4-9-15-31)37-24-22-35(48-37)44(30-12-6-3-7-13-30)36-23-25-38(49-36)46(32-16-10-5-11-17-32)40-27-29-42(47)51-40/h2-29H,1H2. The fourth-order valence-corrected chi connectivity index (χ4v) is 6.93. The lowest BCUT2D eigenvalue weighted by molar-refractivity contribution is -0.128. The summed E-state index contributed by atoms with van der Waals surface area (Å²) >= 11 is 0. The minimum absolute atomic E-state index is 0.419. The van der Waals surface area contributed by atoms with E-state index in [4.69, 9.17) is 24.7 Å². The van der Waals surface area contributed by atoms with Gasteiger partial charge in [-0.2, -0.15) is 0 Å². The Hall–Kier alpha value is -7.31. The Labute approximate surface area is 307 Å². The molecule has 0 aliphatic carbocycles. The van der Waals surface area contributed by atoms with Crippen LogP contribution in [0.25, 0.3) is 22.3 Å². The van der Waals surface area contributed by atoms with E-state index in [1.54, 1.807) is 12.1 Å². The Bertz CT molecular complexity index is 2570. The van der Waals surface area contributed by atoms with Gasteiger partial charge < -0.3 is 4.74 Å². The predicted molar refractivity (Wildman–Crippen MR) is 216 cm³/mol. The molecule has 0 radical (unpaired) electrons. The molecule has 4 aromatic carbocycles. The van der Waals surface area contributed by atoms with Crippen LogP contribution >= 0.6 is 0 Å². The minimum atomic E-state index is -0.519. The molecule has 5 aliphatic rings. The van der Waals surface area contributed by atoms with Crippen LogP contribution in [0.1, 0.15) is 22.3 Å². The summed E-state index contributed by atoms with van der Waals surface area (Å²) < 4.78 is 5.39. The van der Waals surface area contributed by atoms with Crippen LogP contribution in [0.5, 0.6) is 5.75 Å². The lowest BCUT2D eigenvalue weighted by Crippen LogP contribution is -2.04. The molecule has 0 aromatic heterocycles. The molecule has 0 saturated carbocycles. The number of ether oxygens (including phenoxy) is 1. The molecule has 0 unspecified atom stereocenters. The molecule has 6 nitrogen and oxygen atoms in total. The number of hydrogen-bond acceptors (Lipinski definition) is 6. The van der Waals surface area contributed by atoms with Gasteiger partial charge in [-0.05, 0) is 83.0 Å². The van der Waals surface area contributed by atoms with Crippen LogP contribution in [0, 0.1) is 0 Å². The van der Waals surface area contributed by atoms with Crippen molar-refractivity contribution < 1.29 is 9.53 Å². The minimum Gasteiger partial charge on any atom is -0.423 e. The quantitative estimate of drug-likeness (QED) is 0.115. The highest BCUT2D eigenvalue weighted by Gasteiger charge is 2.27. The van der Waals surface area contributed by atoms with Crippen molar-refractivity contribution in [3.63, 3.8) is 0 Å². The highest BCUT2D eigenvalue weighted by Crippen LogP contribution is 2.38. The lowest BCUT2D eigenvalue weighted by Gasteiger charge is -2.13. The number of carbonyl (C=O) groups excluding carboxylic acids is 1. The van der Waals surface area contributed by atoms with Gasteiger partial charge in [0.05, 0.1) is 45.6 Å². The second kappa shape index (κ2) is 13.4. The normalized spacial score (nSPS) is 17.1. The smallest absolute Gasteiger partial charge is 0.335 e. The van der Waals surface area contributed by atoms with Crippen molar-refractivity contribution in [2.75, 3.05) is 0 Å². The summed E-state index contributed by atoms with van der Waals surface area (Å²) in [6.07, 6.45) is 17.6. The van der Waals surface area contributed by atoms with Crippen molar-refractivity contribution in [1.29, 1.82) is 0 Å². The molecule has 0 amide bonds. The Morgan fingerprint density at radius 1 is 0.415 bits per heavy atom. The molecule has 0 fully saturated rings. The second-order valence-corrected chi connectivity index (χ2v) is 12.6. The van der Waals surface area contributed by atoms with Gasteiger partial charge >= 0.3 is 5.97 Å². The van der Waals surface area contributed by atoms with E-state index in [9.17, 15) is 4.79 Å². The molecule has 0 N–H and O–H groups in total. The zero-order valence-electron chi connectivity index (χ0n) is 28.5. The zero-order valence-corrected chi connectivity index (χ0v) is 28.5. The maximum absolute atomic E-state index is 11.9. The third kappa shape index (κ3) is 5.98. The number of hydrogen-bond donors (Lipinski definition) is 0. The maximum Gasteiger partial charge on any atom is 0.335 e.